The zero-order chi connectivity index (χ0) is 16.8. The fourth-order valence-electron chi connectivity index (χ4n) is 2.00. The van der Waals surface area contributed by atoms with Gasteiger partial charge >= 0.3 is 0 Å². The van der Waals surface area contributed by atoms with Gasteiger partial charge in [-0.05, 0) is 25.5 Å². The van der Waals surface area contributed by atoms with Gasteiger partial charge in [0.15, 0.2) is 0 Å². The fourth-order valence-corrected chi connectivity index (χ4v) is 2.59. The van der Waals surface area contributed by atoms with Gasteiger partial charge in [0.05, 0.1) is 19.9 Å². The van der Waals surface area contributed by atoms with Crippen molar-refractivity contribution in [1.82, 2.24) is 10.2 Å². The van der Waals surface area contributed by atoms with E-state index in [1.54, 1.807) is 20.3 Å². The molecular formula is C15H20N4O3S. The standard InChI is InChI=1S/C15H20N4O3S/c1-5-11(14(20)17-15-19-18-9(2)23-15)16-12-7-6-10(21-3)8-13(12)22-4/h6-8,11,16H,5H2,1-4H3,(H,17,19,20)/t11-/m1/s1. The van der Waals surface area contributed by atoms with Crippen LogP contribution in [0.5, 0.6) is 11.5 Å². The van der Waals surface area contributed by atoms with Gasteiger partial charge in [-0.15, -0.1) is 10.2 Å². The number of aryl methyl sites for hydroxylation is 1. The Labute approximate surface area is 139 Å². The summed E-state index contributed by atoms with van der Waals surface area (Å²) in [5.74, 6) is 1.14. The molecule has 0 saturated carbocycles. The highest BCUT2D eigenvalue weighted by Crippen LogP contribution is 2.30. The van der Waals surface area contributed by atoms with Crippen molar-refractivity contribution in [2.75, 3.05) is 24.9 Å². The zero-order valence-corrected chi connectivity index (χ0v) is 14.4. The molecule has 2 rings (SSSR count). The Balaban J connectivity index is 2.10. The molecule has 0 saturated heterocycles. The van der Waals surface area contributed by atoms with Gasteiger partial charge in [0.1, 0.15) is 22.5 Å². The number of amides is 1. The van der Waals surface area contributed by atoms with Crippen molar-refractivity contribution in [3.63, 3.8) is 0 Å². The maximum atomic E-state index is 12.4. The van der Waals surface area contributed by atoms with E-state index in [2.05, 4.69) is 20.8 Å². The van der Waals surface area contributed by atoms with Gasteiger partial charge in [-0.2, -0.15) is 0 Å². The van der Waals surface area contributed by atoms with Crippen LogP contribution in [0, 0.1) is 6.92 Å². The van der Waals surface area contributed by atoms with Crippen molar-refractivity contribution >= 4 is 28.1 Å². The highest BCUT2D eigenvalue weighted by Gasteiger charge is 2.19. The molecule has 2 N–H and O–H groups in total. The number of aromatic nitrogens is 2. The normalized spacial score (nSPS) is 11.7. The van der Waals surface area contributed by atoms with Crippen molar-refractivity contribution in [1.29, 1.82) is 0 Å². The van der Waals surface area contributed by atoms with Crippen molar-refractivity contribution in [2.24, 2.45) is 0 Å². The van der Waals surface area contributed by atoms with Crippen LogP contribution in [0.25, 0.3) is 0 Å². The van der Waals surface area contributed by atoms with E-state index in [1.165, 1.54) is 11.3 Å². The number of ether oxygens (including phenoxy) is 2. The van der Waals surface area contributed by atoms with Crippen LogP contribution >= 0.6 is 11.3 Å². The number of hydrogen-bond donors (Lipinski definition) is 2. The molecule has 0 fully saturated rings. The molecule has 0 spiro atoms. The van der Waals surface area contributed by atoms with Crippen molar-refractivity contribution in [3.8, 4) is 11.5 Å². The largest absolute Gasteiger partial charge is 0.497 e. The first-order valence-corrected chi connectivity index (χ1v) is 7.98. The van der Waals surface area contributed by atoms with Gasteiger partial charge in [0, 0.05) is 6.07 Å². The van der Waals surface area contributed by atoms with Crippen LogP contribution in [0.1, 0.15) is 18.4 Å². The van der Waals surface area contributed by atoms with E-state index in [0.29, 0.717) is 23.1 Å². The summed E-state index contributed by atoms with van der Waals surface area (Å²) >= 11 is 1.34. The molecule has 7 nitrogen and oxygen atoms in total. The van der Waals surface area contributed by atoms with Crippen LogP contribution in [-0.2, 0) is 4.79 Å². The number of methoxy groups -OCH3 is 2. The van der Waals surface area contributed by atoms with Gasteiger partial charge in [-0.1, -0.05) is 18.3 Å². The lowest BCUT2D eigenvalue weighted by Gasteiger charge is -2.19. The topological polar surface area (TPSA) is 85.4 Å². The number of carbonyl (C=O) groups excluding carboxylic acids is 1. The minimum absolute atomic E-state index is 0.165. The van der Waals surface area contributed by atoms with E-state index in [-0.39, 0.29) is 5.91 Å². The van der Waals surface area contributed by atoms with Crippen LogP contribution in [0.4, 0.5) is 10.8 Å². The lowest BCUT2D eigenvalue weighted by Crippen LogP contribution is -2.34. The van der Waals surface area contributed by atoms with E-state index in [1.807, 2.05) is 26.0 Å². The van der Waals surface area contributed by atoms with E-state index in [9.17, 15) is 4.79 Å². The van der Waals surface area contributed by atoms with Gasteiger partial charge < -0.3 is 14.8 Å². The first-order valence-electron chi connectivity index (χ1n) is 7.17. The Hall–Kier alpha value is -2.35. The first kappa shape index (κ1) is 17.0. The molecule has 1 aromatic carbocycles. The van der Waals surface area contributed by atoms with Crippen LogP contribution in [0.3, 0.4) is 0 Å². The third-order valence-corrected chi connectivity index (χ3v) is 3.97. The van der Waals surface area contributed by atoms with Crippen molar-refractivity contribution in [2.45, 2.75) is 26.3 Å². The molecular weight excluding hydrogens is 316 g/mol. The Morgan fingerprint density at radius 3 is 2.65 bits per heavy atom. The second-order valence-corrected chi connectivity index (χ2v) is 5.97. The van der Waals surface area contributed by atoms with Crippen LogP contribution in [-0.4, -0.2) is 36.4 Å². The lowest BCUT2D eigenvalue weighted by atomic mass is 10.2. The molecule has 0 aliphatic carbocycles. The molecule has 0 aliphatic rings. The minimum Gasteiger partial charge on any atom is -0.497 e. The van der Waals surface area contributed by atoms with Crippen molar-refractivity contribution in [3.05, 3.63) is 23.2 Å². The Morgan fingerprint density at radius 1 is 1.30 bits per heavy atom. The van der Waals surface area contributed by atoms with Crippen LogP contribution in [0.15, 0.2) is 18.2 Å². The number of benzene rings is 1. The Morgan fingerprint density at radius 2 is 2.09 bits per heavy atom. The summed E-state index contributed by atoms with van der Waals surface area (Å²) < 4.78 is 10.5. The second-order valence-electron chi connectivity index (χ2n) is 4.79. The summed E-state index contributed by atoms with van der Waals surface area (Å²) in [6, 6.07) is 4.98. The number of nitrogens with zero attached hydrogens (tertiary/aromatic N) is 2. The average Bonchev–Trinajstić information content (AvgIpc) is 2.97. The molecule has 23 heavy (non-hydrogen) atoms. The Kier molecular flexibility index (Phi) is 5.75. The smallest absolute Gasteiger partial charge is 0.248 e. The molecule has 0 unspecified atom stereocenters. The van der Waals surface area contributed by atoms with E-state index in [4.69, 9.17) is 9.47 Å². The molecule has 2 aromatic rings. The monoisotopic (exact) mass is 336 g/mol. The highest BCUT2D eigenvalue weighted by atomic mass is 32.1. The van der Waals surface area contributed by atoms with Crippen molar-refractivity contribution < 1.29 is 14.3 Å². The number of hydrogen-bond acceptors (Lipinski definition) is 7. The quantitative estimate of drug-likeness (QED) is 0.808. The third-order valence-electron chi connectivity index (χ3n) is 3.22. The molecule has 0 radical (unpaired) electrons. The number of anilines is 2. The molecule has 124 valence electrons. The molecule has 1 amide bonds. The van der Waals surface area contributed by atoms with E-state index < -0.39 is 6.04 Å². The average molecular weight is 336 g/mol. The summed E-state index contributed by atoms with van der Waals surface area (Å²) in [5, 5.41) is 15.0. The summed E-state index contributed by atoms with van der Waals surface area (Å²) in [6.07, 6.45) is 0.610. The molecule has 1 atom stereocenters. The van der Waals surface area contributed by atoms with Gasteiger partial charge in [-0.25, -0.2) is 0 Å². The maximum Gasteiger partial charge on any atom is 0.248 e. The van der Waals surface area contributed by atoms with E-state index >= 15 is 0 Å². The second kappa shape index (κ2) is 7.77. The predicted molar refractivity (Wildman–Crippen MR) is 90.5 cm³/mol. The van der Waals surface area contributed by atoms with E-state index in [0.717, 1.165) is 10.7 Å². The zero-order valence-electron chi connectivity index (χ0n) is 13.5. The molecule has 1 aromatic heterocycles. The fraction of sp³-hybridized carbons (Fsp3) is 0.400. The SMILES string of the molecule is CC[C@@H](Nc1ccc(OC)cc1OC)C(=O)Nc1nnc(C)s1. The van der Waals surface area contributed by atoms with Crippen LogP contribution in [0.2, 0.25) is 0 Å². The summed E-state index contributed by atoms with van der Waals surface area (Å²) in [5.41, 5.74) is 0.726. The summed E-state index contributed by atoms with van der Waals surface area (Å²) in [4.78, 5) is 12.4. The third kappa shape index (κ3) is 4.32. The van der Waals surface area contributed by atoms with Gasteiger partial charge in [-0.3, -0.25) is 10.1 Å². The summed E-state index contributed by atoms with van der Waals surface area (Å²) in [7, 11) is 3.17. The van der Waals surface area contributed by atoms with Gasteiger partial charge in [0.2, 0.25) is 11.0 Å². The predicted octanol–water partition coefficient (Wildman–Crippen LogP) is 2.69. The molecule has 8 heteroatoms. The maximum absolute atomic E-state index is 12.4. The minimum atomic E-state index is -0.415. The van der Waals surface area contributed by atoms with Crippen LogP contribution < -0.4 is 20.1 Å². The number of rotatable bonds is 7. The molecule has 0 bridgehead atoms. The first-order chi connectivity index (χ1) is 11.1. The molecule has 1 heterocycles. The van der Waals surface area contributed by atoms with Gasteiger partial charge in [0.25, 0.3) is 0 Å². The number of nitrogens with one attached hydrogen (secondary N) is 2. The lowest BCUT2D eigenvalue weighted by molar-refractivity contribution is -0.117. The number of carbonyl (C=O) groups is 1. The molecule has 0 aliphatic heterocycles. The Bertz CT molecular complexity index is 674. The highest BCUT2D eigenvalue weighted by molar-refractivity contribution is 7.15. The summed E-state index contributed by atoms with van der Waals surface area (Å²) in [6.45, 7) is 3.77.